The number of hydrogen-bond acceptors (Lipinski definition) is 6. The molecule has 0 bridgehead atoms. The third kappa shape index (κ3) is 5.02. The number of anilines is 1. The summed E-state index contributed by atoms with van der Waals surface area (Å²) < 4.78 is 10.8. The molecule has 2 aliphatic rings. The van der Waals surface area contributed by atoms with E-state index in [2.05, 4.69) is 73.7 Å². The number of aryl methyl sites for hydroxylation is 1. The fourth-order valence-electron chi connectivity index (χ4n) is 6.19. The molecule has 38 heavy (non-hydrogen) atoms. The van der Waals surface area contributed by atoms with E-state index in [0.29, 0.717) is 25.9 Å². The Morgan fingerprint density at radius 2 is 1.84 bits per heavy atom. The van der Waals surface area contributed by atoms with Crippen LogP contribution in [0.1, 0.15) is 44.0 Å². The molecule has 0 saturated carbocycles. The van der Waals surface area contributed by atoms with Crippen molar-refractivity contribution >= 4 is 56.8 Å². The zero-order valence-electron chi connectivity index (χ0n) is 21.6. The molecule has 1 amide bonds. The minimum atomic E-state index is -1.18. The van der Waals surface area contributed by atoms with Gasteiger partial charge >= 0.3 is 0 Å². The van der Waals surface area contributed by atoms with Crippen molar-refractivity contribution in [3.63, 3.8) is 0 Å². The van der Waals surface area contributed by atoms with Crippen LogP contribution in [0.2, 0.25) is 0 Å². The summed E-state index contributed by atoms with van der Waals surface area (Å²) in [6, 6.07) is 14.3. The summed E-state index contributed by atoms with van der Waals surface area (Å²) in [6.45, 7) is 6.63. The Bertz CT molecular complexity index is 1320. The standard InChI is InChI=1S/C28H32I2N4O4/c1-17-25(27(2,3)37)24(10-12-33-16-21(11-13-35)31-32-33)38-28(17)22-14-20(30)8-9-23(22)34(26(28)36)15-18-4-6-19(29)7-5-18/h4-9,14,16-17,24-25,35,37H,10-13,15H2,1-3H3/t17-,24+,25-,28+/m1/s1. The number of rotatable bonds is 8. The van der Waals surface area contributed by atoms with Crippen LogP contribution in [0, 0.1) is 19.0 Å². The number of aliphatic hydroxyl groups is 2. The van der Waals surface area contributed by atoms with E-state index in [1.54, 1.807) is 18.5 Å². The number of carbonyl (C=O) groups excluding carboxylic acids is 1. The topological polar surface area (TPSA) is 101 Å². The molecule has 1 aromatic heterocycles. The maximum absolute atomic E-state index is 14.4. The minimum absolute atomic E-state index is 0.0181. The molecule has 202 valence electrons. The van der Waals surface area contributed by atoms with Crippen LogP contribution in [-0.4, -0.2) is 49.4 Å². The van der Waals surface area contributed by atoms with Crippen LogP contribution in [0.3, 0.4) is 0 Å². The van der Waals surface area contributed by atoms with Gasteiger partial charge in [-0.3, -0.25) is 9.48 Å². The number of hydrogen-bond donors (Lipinski definition) is 2. The Morgan fingerprint density at radius 1 is 1.13 bits per heavy atom. The Labute approximate surface area is 250 Å². The van der Waals surface area contributed by atoms with Gasteiger partial charge in [0.15, 0.2) is 5.60 Å². The Hall–Kier alpha value is -1.61. The van der Waals surface area contributed by atoms with E-state index in [1.807, 2.05) is 42.3 Å². The molecule has 5 rings (SSSR count). The van der Waals surface area contributed by atoms with Gasteiger partial charge in [-0.1, -0.05) is 24.3 Å². The average molecular weight is 742 g/mol. The summed E-state index contributed by atoms with van der Waals surface area (Å²) >= 11 is 4.56. The van der Waals surface area contributed by atoms with Gasteiger partial charge in [0.05, 0.1) is 29.6 Å². The summed E-state index contributed by atoms with van der Waals surface area (Å²) in [5.41, 5.74) is 1.26. The van der Waals surface area contributed by atoms with Gasteiger partial charge in [0, 0.05) is 50.3 Å². The molecule has 8 nitrogen and oxygen atoms in total. The van der Waals surface area contributed by atoms with Crippen LogP contribution < -0.4 is 4.90 Å². The number of fused-ring (bicyclic) bond motifs is 2. The predicted molar refractivity (Wildman–Crippen MR) is 160 cm³/mol. The summed E-state index contributed by atoms with van der Waals surface area (Å²) in [6.07, 6.45) is 2.47. The van der Waals surface area contributed by atoms with Crippen molar-refractivity contribution in [2.45, 2.75) is 64.0 Å². The van der Waals surface area contributed by atoms with E-state index in [1.165, 1.54) is 0 Å². The molecule has 4 atom stereocenters. The molecule has 2 aromatic carbocycles. The first-order chi connectivity index (χ1) is 18.0. The first kappa shape index (κ1) is 27.9. The number of ether oxygens (including phenoxy) is 1. The molecule has 3 aromatic rings. The van der Waals surface area contributed by atoms with Crippen LogP contribution >= 0.6 is 45.2 Å². The normalized spacial score (nSPS) is 25.0. The van der Waals surface area contributed by atoms with Crippen LogP contribution in [0.5, 0.6) is 0 Å². The molecule has 2 N–H and O–H groups in total. The lowest BCUT2D eigenvalue weighted by Crippen LogP contribution is -2.46. The molecule has 3 heterocycles. The summed E-state index contributed by atoms with van der Waals surface area (Å²) in [5.74, 6) is -0.626. The Balaban J connectivity index is 1.50. The maximum Gasteiger partial charge on any atom is 0.264 e. The second-order valence-corrected chi connectivity index (χ2v) is 13.3. The number of nitrogens with zero attached hydrogens (tertiary/aromatic N) is 4. The molecule has 2 aliphatic heterocycles. The van der Waals surface area contributed by atoms with Gasteiger partial charge in [0.25, 0.3) is 5.91 Å². The quantitative estimate of drug-likeness (QED) is 0.335. The lowest BCUT2D eigenvalue weighted by atomic mass is 9.71. The minimum Gasteiger partial charge on any atom is -0.396 e. The Kier molecular flexibility index (Phi) is 7.91. The lowest BCUT2D eigenvalue weighted by molar-refractivity contribution is -0.146. The highest BCUT2D eigenvalue weighted by Crippen LogP contribution is 2.58. The van der Waals surface area contributed by atoms with Crippen molar-refractivity contribution in [2.75, 3.05) is 11.5 Å². The van der Waals surface area contributed by atoms with Crippen LogP contribution in [0.25, 0.3) is 0 Å². The van der Waals surface area contributed by atoms with Gasteiger partial charge in [-0.2, -0.15) is 0 Å². The van der Waals surface area contributed by atoms with Gasteiger partial charge in [0.1, 0.15) is 0 Å². The summed E-state index contributed by atoms with van der Waals surface area (Å²) in [7, 11) is 0. The van der Waals surface area contributed by atoms with E-state index >= 15 is 0 Å². The first-order valence-electron chi connectivity index (χ1n) is 12.8. The number of carbonyl (C=O) groups is 1. The fraction of sp³-hybridized carbons (Fsp3) is 0.464. The number of benzene rings is 2. The molecule has 1 fully saturated rings. The van der Waals surface area contributed by atoms with Crippen molar-refractivity contribution in [2.24, 2.45) is 11.8 Å². The highest BCUT2D eigenvalue weighted by atomic mass is 127. The molecule has 1 spiro atoms. The van der Waals surface area contributed by atoms with Gasteiger partial charge < -0.3 is 19.8 Å². The van der Waals surface area contributed by atoms with E-state index in [4.69, 9.17) is 4.74 Å². The Morgan fingerprint density at radius 3 is 2.53 bits per heavy atom. The summed E-state index contributed by atoms with van der Waals surface area (Å²) in [4.78, 5) is 16.3. The van der Waals surface area contributed by atoms with Crippen molar-refractivity contribution < 1.29 is 19.7 Å². The van der Waals surface area contributed by atoms with Gasteiger partial charge in [-0.15, -0.1) is 5.10 Å². The third-order valence-corrected chi connectivity index (χ3v) is 9.19. The van der Waals surface area contributed by atoms with Crippen molar-refractivity contribution in [1.29, 1.82) is 0 Å². The third-order valence-electron chi connectivity index (χ3n) is 7.80. The number of aromatic nitrogens is 3. The zero-order valence-corrected chi connectivity index (χ0v) is 26.0. The second kappa shape index (κ2) is 10.8. The van der Waals surface area contributed by atoms with E-state index in [-0.39, 0.29) is 30.5 Å². The van der Waals surface area contributed by atoms with Crippen LogP contribution in [-0.2, 0) is 34.6 Å². The number of halogens is 2. The van der Waals surface area contributed by atoms with Gasteiger partial charge in [-0.05, 0) is 101 Å². The van der Waals surface area contributed by atoms with Crippen molar-refractivity contribution in [3.05, 3.63) is 72.6 Å². The molecule has 0 radical (unpaired) electrons. The SMILES string of the molecule is C[C@@H]1[C@@H](C(C)(C)O)[C@H](CCn2cc(CCO)nn2)O[C@@]12C(=O)N(Cc1ccc(I)cc1)c1ccc(I)cc12. The molecule has 0 unspecified atom stereocenters. The van der Waals surface area contributed by atoms with Crippen LogP contribution in [0.15, 0.2) is 48.7 Å². The molecule has 10 heteroatoms. The van der Waals surface area contributed by atoms with Gasteiger partial charge in [0.2, 0.25) is 0 Å². The van der Waals surface area contributed by atoms with E-state index in [9.17, 15) is 15.0 Å². The predicted octanol–water partition coefficient (Wildman–Crippen LogP) is 4.28. The lowest BCUT2D eigenvalue weighted by Gasteiger charge is -2.34. The van der Waals surface area contributed by atoms with E-state index in [0.717, 1.165) is 29.6 Å². The largest absolute Gasteiger partial charge is 0.396 e. The van der Waals surface area contributed by atoms with Gasteiger partial charge in [-0.25, -0.2) is 0 Å². The summed E-state index contributed by atoms with van der Waals surface area (Å²) in [5, 5.41) is 28.8. The highest BCUT2D eigenvalue weighted by Gasteiger charge is 2.65. The first-order valence-corrected chi connectivity index (χ1v) is 15.0. The number of aliphatic hydroxyl groups excluding tert-OH is 1. The maximum atomic E-state index is 14.4. The second-order valence-electron chi connectivity index (χ2n) is 10.8. The monoisotopic (exact) mass is 742 g/mol. The van der Waals surface area contributed by atoms with Crippen molar-refractivity contribution in [3.8, 4) is 0 Å². The van der Waals surface area contributed by atoms with Crippen molar-refractivity contribution in [1.82, 2.24) is 15.0 Å². The number of amides is 1. The average Bonchev–Trinajstić information content (AvgIpc) is 3.50. The fourth-order valence-corrected chi connectivity index (χ4v) is 7.04. The molecular weight excluding hydrogens is 710 g/mol. The molecule has 0 aliphatic carbocycles. The zero-order chi connectivity index (χ0) is 27.2. The molecule has 1 saturated heterocycles. The molecular formula is C28H32I2N4O4. The highest BCUT2D eigenvalue weighted by molar-refractivity contribution is 14.1. The van der Waals surface area contributed by atoms with E-state index < -0.39 is 11.2 Å². The smallest absolute Gasteiger partial charge is 0.264 e. The van der Waals surface area contributed by atoms with Crippen LogP contribution in [0.4, 0.5) is 5.69 Å².